The van der Waals surface area contributed by atoms with E-state index in [2.05, 4.69) is 15.1 Å². The van der Waals surface area contributed by atoms with E-state index in [1.165, 1.54) is 18.3 Å². The number of aromatic amines is 2. The maximum absolute atomic E-state index is 12.6. The Kier molecular flexibility index (Phi) is 3.06. The molecule has 2 aromatic carbocycles. The molecule has 0 amide bonds. The number of para-hydroxylation sites is 1. The predicted molar refractivity (Wildman–Crippen MR) is 91.8 cm³/mol. The van der Waals surface area contributed by atoms with E-state index >= 15 is 0 Å². The minimum absolute atomic E-state index is 0.127. The quantitative estimate of drug-likeness (QED) is 0.490. The summed E-state index contributed by atoms with van der Waals surface area (Å²) in [4.78, 5) is 30.5. The van der Waals surface area contributed by atoms with E-state index in [9.17, 15) is 14.7 Å². The van der Waals surface area contributed by atoms with Gasteiger partial charge in [-0.2, -0.15) is 5.10 Å². The summed E-state index contributed by atoms with van der Waals surface area (Å²) in [5.74, 6) is 0.127. The Labute approximate surface area is 134 Å². The fourth-order valence-corrected chi connectivity index (χ4v) is 2.58. The average Bonchev–Trinajstić information content (AvgIpc) is 2.95. The molecule has 0 unspecified atom stereocenters. The molecule has 0 aliphatic rings. The van der Waals surface area contributed by atoms with Gasteiger partial charge in [-0.1, -0.05) is 18.2 Å². The molecule has 0 radical (unpaired) electrons. The number of H-pyrrole nitrogens is 2. The van der Waals surface area contributed by atoms with Crippen LogP contribution in [-0.2, 0) is 0 Å². The first kappa shape index (κ1) is 14.0. The number of phenolic OH excluding ortho intramolecular Hbond substituents is 1. The van der Waals surface area contributed by atoms with E-state index in [4.69, 9.17) is 0 Å². The van der Waals surface area contributed by atoms with Crippen LogP contribution >= 0.6 is 0 Å². The second-order valence-corrected chi connectivity index (χ2v) is 5.30. The first-order valence-electron chi connectivity index (χ1n) is 7.22. The van der Waals surface area contributed by atoms with Crippen LogP contribution in [0, 0.1) is 0 Å². The summed E-state index contributed by atoms with van der Waals surface area (Å²) >= 11 is 0. The van der Waals surface area contributed by atoms with Crippen molar-refractivity contribution in [2.75, 3.05) is 0 Å². The normalized spacial score (nSPS) is 11.7. The van der Waals surface area contributed by atoms with E-state index in [1.54, 1.807) is 12.1 Å². The zero-order valence-electron chi connectivity index (χ0n) is 12.4. The first-order valence-corrected chi connectivity index (χ1v) is 7.22. The molecular formula is C17H12N4O3. The Hall–Kier alpha value is -3.61. The van der Waals surface area contributed by atoms with Gasteiger partial charge < -0.3 is 15.1 Å². The van der Waals surface area contributed by atoms with Gasteiger partial charge in [0.2, 0.25) is 0 Å². The number of benzene rings is 2. The van der Waals surface area contributed by atoms with Crippen molar-refractivity contribution in [1.29, 1.82) is 0 Å². The molecule has 4 aromatic rings. The van der Waals surface area contributed by atoms with Gasteiger partial charge in [0, 0.05) is 10.9 Å². The molecule has 0 aliphatic carbocycles. The van der Waals surface area contributed by atoms with E-state index < -0.39 is 11.2 Å². The Balaban J connectivity index is 1.90. The lowest BCUT2D eigenvalue weighted by atomic mass is 10.2. The minimum Gasteiger partial charge on any atom is -0.508 e. The second kappa shape index (κ2) is 5.24. The summed E-state index contributed by atoms with van der Waals surface area (Å²) in [6.07, 6.45) is 1.38. The molecule has 7 heteroatoms. The van der Waals surface area contributed by atoms with E-state index in [0.29, 0.717) is 16.6 Å². The molecule has 2 aromatic heterocycles. The number of hydrogen-bond acceptors (Lipinski definition) is 4. The molecule has 118 valence electrons. The maximum atomic E-state index is 12.6. The van der Waals surface area contributed by atoms with Crippen LogP contribution < -0.4 is 11.2 Å². The Bertz CT molecular complexity index is 1200. The molecule has 0 aliphatic heterocycles. The van der Waals surface area contributed by atoms with Crippen molar-refractivity contribution >= 4 is 28.2 Å². The van der Waals surface area contributed by atoms with Crippen molar-refractivity contribution in [2.24, 2.45) is 5.10 Å². The van der Waals surface area contributed by atoms with Crippen LogP contribution in [0.15, 0.2) is 63.2 Å². The van der Waals surface area contributed by atoms with Gasteiger partial charge in [0.25, 0.3) is 0 Å². The van der Waals surface area contributed by atoms with Gasteiger partial charge in [-0.25, -0.2) is 4.79 Å². The lowest BCUT2D eigenvalue weighted by molar-refractivity contribution is 0.475. The molecule has 0 atom stereocenters. The van der Waals surface area contributed by atoms with Crippen LogP contribution in [0.1, 0.15) is 5.56 Å². The molecule has 24 heavy (non-hydrogen) atoms. The van der Waals surface area contributed by atoms with E-state index in [1.807, 2.05) is 24.3 Å². The molecule has 0 spiro atoms. The standard InChI is InChI=1S/C17H12N4O3/c22-11-7-5-10(6-8-11)9-18-21-16(23)15-14(20-17(21)24)12-3-1-2-4-13(12)19-15/h1-9,19,22H,(H,20,24). The lowest BCUT2D eigenvalue weighted by Gasteiger charge is -1.98. The molecule has 4 rings (SSSR count). The average molecular weight is 320 g/mol. The topological polar surface area (TPSA) is 103 Å². The highest BCUT2D eigenvalue weighted by Gasteiger charge is 2.11. The first-order chi connectivity index (χ1) is 11.6. The van der Waals surface area contributed by atoms with Gasteiger partial charge in [-0.15, -0.1) is 4.68 Å². The number of hydrogen-bond donors (Lipinski definition) is 3. The number of aromatic nitrogens is 3. The molecule has 3 N–H and O–H groups in total. The number of nitrogens with zero attached hydrogens (tertiary/aromatic N) is 2. The number of phenols is 1. The van der Waals surface area contributed by atoms with Gasteiger partial charge in [0.1, 0.15) is 11.3 Å². The van der Waals surface area contributed by atoms with Gasteiger partial charge in [-0.05, 0) is 35.9 Å². The van der Waals surface area contributed by atoms with Crippen LogP contribution in [0.3, 0.4) is 0 Å². The number of rotatable bonds is 2. The van der Waals surface area contributed by atoms with Crippen LogP contribution in [0.5, 0.6) is 5.75 Å². The summed E-state index contributed by atoms with van der Waals surface area (Å²) in [5, 5.41) is 14.0. The fraction of sp³-hybridized carbons (Fsp3) is 0. The SMILES string of the molecule is O=c1[nH]c2c([nH]c3ccccc32)c(=O)n1N=Cc1ccc(O)cc1. The van der Waals surface area contributed by atoms with Crippen molar-refractivity contribution in [2.45, 2.75) is 0 Å². The number of aromatic hydroxyl groups is 1. The summed E-state index contributed by atoms with van der Waals surface area (Å²) < 4.78 is 0.768. The number of nitrogens with one attached hydrogen (secondary N) is 2. The Morgan fingerprint density at radius 2 is 1.71 bits per heavy atom. The van der Waals surface area contributed by atoms with Crippen molar-refractivity contribution in [3.05, 3.63) is 74.9 Å². The molecule has 0 fully saturated rings. The molecule has 7 nitrogen and oxygen atoms in total. The van der Waals surface area contributed by atoms with Crippen LogP contribution in [-0.4, -0.2) is 26.0 Å². The highest BCUT2D eigenvalue weighted by atomic mass is 16.3. The maximum Gasteiger partial charge on any atom is 0.350 e. The zero-order chi connectivity index (χ0) is 16.7. The largest absolute Gasteiger partial charge is 0.508 e. The highest BCUT2D eigenvalue weighted by Crippen LogP contribution is 2.19. The number of fused-ring (bicyclic) bond motifs is 3. The summed E-state index contributed by atoms with van der Waals surface area (Å²) in [5.41, 5.74) is 1.03. The summed E-state index contributed by atoms with van der Waals surface area (Å²) in [7, 11) is 0. The lowest BCUT2D eigenvalue weighted by Crippen LogP contribution is -2.32. The van der Waals surface area contributed by atoms with Crippen molar-refractivity contribution in [3.63, 3.8) is 0 Å². The minimum atomic E-state index is -0.618. The third-order valence-electron chi connectivity index (χ3n) is 3.75. The molecule has 0 saturated carbocycles. The van der Waals surface area contributed by atoms with Crippen LogP contribution in [0.25, 0.3) is 21.9 Å². The van der Waals surface area contributed by atoms with Gasteiger partial charge >= 0.3 is 11.2 Å². The Morgan fingerprint density at radius 1 is 0.958 bits per heavy atom. The Morgan fingerprint density at radius 3 is 2.50 bits per heavy atom. The third kappa shape index (κ3) is 2.19. The van der Waals surface area contributed by atoms with Crippen molar-refractivity contribution < 1.29 is 5.11 Å². The van der Waals surface area contributed by atoms with E-state index in [-0.39, 0.29) is 5.75 Å². The second-order valence-electron chi connectivity index (χ2n) is 5.30. The smallest absolute Gasteiger partial charge is 0.350 e. The zero-order valence-corrected chi connectivity index (χ0v) is 12.4. The monoisotopic (exact) mass is 320 g/mol. The van der Waals surface area contributed by atoms with Crippen molar-refractivity contribution in [1.82, 2.24) is 14.6 Å². The van der Waals surface area contributed by atoms with Gasteiger partial charge in [0.15, 0.2) is 0 Å². The van der Waals surface area contributed by atoms with Crippen LogP contribution in [0.4, 0.5) is 0 Å². The molecule has 2 heterocycles. The van der Waals surface area contributed by atoms with E-state index in [0.717, 1.165) is 15.6 Å². The summed E-state index contributed by atoms with van der Waals surface area (Å²) in [6, 6.07) is 13.6. The third-order valence-corrected chi connectivity index (χ3v) is 3.75. The van der Waals surface area contributed by atoms with Gasteiger partial charge in [0.05, 0.1) is 11.7 Å². The highest BCUT2D eigenvalue weighted by molar-refractivity contribution is 6.04. The van der Waals surface area contributed by atoms with Crippen molar-refractivity contribution in [3.8, 4) is 5.75 Å². The molecular weight excluding hydrogens is 308 g/mol. The molecule has 0 bridgehead atoms. The molecule has 0 saturated heterocycles. The van der Waals surface area contributed by atoms with Crippen LogP contribution in [0.2, 0.25) is 0 Å². The fourth-order valence-electron chi connectivity index (χ4n) is 2.58. The predicted octanol–water partition coefficient (Wildman–Crippen LogP) is 1.76. The summed E-state index contributed by atoms with van der Waals surface area (Å²) in [6.45, 7) is 0. The van der Waals surface area contributed by atoms with Gasteiger partial charge in [-0.3, -0.25) is 4.79 Å².